The lowest BCUT2D eigenvalue weighted by atomic mass is 10.1. The number of rotatable bonds is 6. The molecule has 2 aromatic carbocycles. The van der Waals surface area contributed by atoms with Gasteiger partial charge in [-0.1, -0.05) is 59.8 Å². The van der Waals surface area contributed by atoms with Gasteiger partial charge >= 0.3 is 0 Å². The Labute approximate surface area is 158 Å². The number of carbonyl (C=O) groups is 1. The number of benzene rings is 2. The fraction of sp³-hybridized carbons (Fsp3) is 0.238. The van der Waals surface area contributed by atoms with E-state index in [2.05, 4.69) is 46.1 Å². The van der Waals surface area contributed by atoms with Crippen LogP contribution in [0.2, 0.25) is 0 Å². The van der Waals surface area contributed by atoms with Gasteiger partial charge in [0, 0.05) is 24.6 Å². The monoisotopic (exact) mass is 365 g/mol. The average molecular weight is 366 g/mol. The van der Waals surface area contributed by atoms with E-state index in [0.717, 1.165) is 28.5 Å². The number of anilines is 1. The van der Waals surface area contributed by atoms with Gasteiger partial charge in [-0.25, -0.2) is 4.98 Å². The maximum absolute atomic E-state index is 12.4. The summed E-state index contributed by atoms with van der Waals surface area (Å²) >= 11 is 1.45. The van der Waals surface area contributed by atoms with Crippen molar-refractivity contribution < 1.29 is 4.79 Å². The molecule has 26 heavy (non-hydrogen) atoms. The Hall–Kier alpha value is -2.53. The van der Waals surface area contributed by atoms with Gasteiger partial charge in [0.2, 0.25) is 5.91 Å². The number of hydrogen-bond acceptors (Lipinski definition) is 3. The largest absolute Gasteiger partial charge is 0.325 e. The molecule has 1 amide bonds. The lowest BCUT2D eigenvalue weighted by molar-refractivity contribution is -0.113. The predicted octanol–water partition coefficient (Wildman–Crippen LogP) is 4.59. The lowest BCUT2D eigenvalue weighted by Gasteiger charge is -2.13. The molecule has 1 heterocycles. The number of imidazole rings is 1. The third kappa shape index (κ3) is 4.55. The molecule has 0 unspecified atom stereocenters. The van der Waals surface area contributed by atoms with Crippen LogP contribution in [0.3, 0.4) is 0 Å². The van der Waals surface area contributed by atoms with Crippen LogP contribution in [-0.2, 0) is 11.3 Å². The minimum absolute atomic E-state index is 0.0145. The molecule has 0 aliphatic rings. The fourth-order valence-corrected chi connectivity index (χ4v) is 3.78. The summed E-state index contributed by atoms with van der Waals surface area (Å²) in [6.45, 7) is 6.86. The van der Waals surface area contributed by atoms with Crippen LogP contribution in [-0.4, -0.2) is 21.2 Å². The third-order valence-electron chi connectivity index (χ3n) is 4.15. The molecule has 0 aliphatic heterocycles. The normalized spacial score (nSPS) is 10.7. The van der Waals surface area contributed by atoms with Crippen LogP contribution in [0.4, 0.5) is 5.69 Å². The smallest absolute Gasteiger partial charge is 0.234 e. The summed E-state index contributed by atoms with van der Waals surface area (Å²) in [6.07, 6.45) is 3.72. The number of carbonyl (C=O) groups excluding carboxylic acids is 1. The topological polar surface area (TPSA) is 46.9 Å². The van der Waals surface area contributed by atoms with Crippen molar-refractivity contribution in [1.82, 2.24) is 9.55 Å². The first-order chi connectivity index (χ1) is 12.5. The second-order valence-corrected chi connectivity index (χ2v) is 7.38. The Kier molecular flexibility index (Phi) is 5.78. The Balaban J connectivity index is 1.62. The quantitative estimate of drug-likeness (QED) is 0.650. The van der Waals surface area contributed by atoms with Crippen LogP contribution in [0, 0.1) is 20.8 Å². The molecule has 1 aromatic heterocycles. The second kappa shape index (κ2) is 8.23. The third-order valence-corrected chi connectivity index (χ3v) is 5.15. The molecule has 0 radical (unpaired) electrons. The van der Waals surface area contributed by atoms with Crippen molar-refractivity contribution in [2.75, 3.05) is 11.1 Å². The number of amides is 1. The first-order valence-corrected chi connectivity index (χ1v) is 9.57. The van der Waals surface area contributed by atoms with Crippen molar-refractivity contribution in [3.63, 3.8) is 0 Å². The molecular weight excluding hydrogens is 342 g/mol. The maximum Gasteiger partial charge on any atom is 0.234 e. The van der Waals surface area contributed by atoms with E-state index < -0.39 is 0 Å². The van der Waals surface area contributed by atoms with Crippen LogP contribution < -0.4 is 5.32 Å². The zero-order chi connectivity index (χ0) is 18.5. The van der Waals surface area contributed by atoms with Gasteiger partial charge in [0.05, 0.1) is 5.75 Å². The fourth-order valence-electron chi connectivity index (χ4n) is 3.02. The van der Waals surface area contributed by atoms with Gasteiger partial charge < -0.3 is 9.88 Å². The maximum atomic E-state index is 12.4. The van der Waals surface area contributed by atoms with Gasteiger partial charge in [-0.05, 0) is 37.5 Å². The van der Waals surface area contributed by atoms with Crippen LogP contribution in [0.25, 0.3) is 0 Å². The minimum atomic E-state index is -0.0145. The lowest BCUT2D eigenvalue weighted by Crippen LogP contribution is -2.16. The summed E-state index contributed by atoms with van der Waals surface area (Å²) in [6, 6.07) is 14.4. The van der Waals surface area contributed by atoms with Gasteiger partial charge in [0.25, 0.3) is 0 Å². The molecule has 0 aliphatic carbocycles. The average Bonchev–Trinajstić information content (AvgIpc) is 3.04. The summed E-state index contributed by atoms with van der Waals surface area (Å²) in [7, 11) is 0. The summed E-state index contributed by atoms with van der Waals surface area (Å²) in [4.78, 5) is 16.8. The van der Waals surface area contributed by atoms with E-state index in [4.69, 9.17) is 0 Å². The van der Waals surface area contributed by atoms with Crippen molar-refractivity contribution in [2.24, 2.45) is 0 Å². The Bertz CT molecular complexity index is 880. The van der Waals surface area contributed by atoms with Crippen LogP contribution in [0.1, 0.15) is 22.3 Å². The van der Waals surface area contributed by atoms with E-state index in [1.807, 2.05) is 38.2 Å². The number of thioether (sulfide) groups is 1. The molecule has 1 N–H and O–H groups in total. The molecule has 3 aromatic rings. The molecule has 0 fully saturated rings. The Morgan fingerprint density at radius 3 is 2.50 bits per heavy atom. The Morgan fingerprint density at radius 1 is 1.12 bits per heavy atom. The molecule has 0 atom stereocenters. The Morgan fingerprint density at radius 2 is 1.81 bits per heavy atom. The van der Waals surface area contributed by atoms with Crippen molar-refractivity contribution in [3.05, 3.63) is 77.1 Å². The van der Waals surface area contributed by atoms with E-state index >= 15 is 0 Å². The van der Waals surface area contributed by atoms with Gasteiger partial charge in [0.15, 0.2) is 5.16 Å². The van der Waals surface area contributed by atoms with E-state index in [9.17, 15) is 4.79 Å². The van der Waals surface area contributed by atoms with Crippen molar-refractivity contribution in [1.29, 1.82) is 0 Å². The molecule has 0 bridgehead atoms. The summed E-state index contributed by atoms with van der Waals surface area (Å²) in [5.41, 5.74) is 5.50. The molecule has 5 heteroatoms. The van der Waals surface area contributed by atoms with Crippen LogP contribution >= 0.6 is 11.8 Å². The zero-order valence-electron chi connectivity index (χ0n) is 15.3. The second-order valence-electron chi connectivity index (χ2n) is 6.43. The standard InChI is InChI=1S/C21H23N3OS/c1-15-11-16(2)20(17(3)12-15)23-19(25)14-26-21-22-9-10-24(21)13-18-7-5-4-6-8-18/h4-12H,13-14H2,1-3H3,(H,23,25). The van der Waals surface area contributed by atoms with Gasteiger partial charge in [-0.15, -0.1) is 0 Å². The molecule has 0 spiro atoms. The summed E-state index contributed by atoms with van der Waals surface area (Å²) in [5, 5.41) is 3.89. The first-order valence-electron chi connectivity index (χ1n) is 8.58. The number of nitrogens with zero attached hydrogens (tertiary/aromatic N) is 2. The van der Waals surface area contributed by atoms with E-state index in [-0.39, 0.29) is 5.91 Å². The van der Waals surface area contributed by atoms with Crippen molar-refractivity contribution in [3.8, 4) is 0 Å². The minimum Gasteiger partial charge on any atom is -0.325 e. The number of nitrogens with one attached hydrogen (secondary N) is 1. The highest BCUT2D eigenvalue weighted by atomic mass is 32.2. The van der Waals surface area contributed by atoms with Crippen LogP contribution in [0.15, 0.2) is 60.0 Å². The van der Waals surface area contributed by atoms with Gasteiger partial charge in [-0.3, -0.25) is 4.79 Å². The van der Waals surface area contributed by atoms with Crippen molar-refractivity contribution >= 4 is 23.4 Å². The SMILES string of the molecule is Cc1cc(C)c(NC(=O)CSc2nccn2Cc2ccccc2)c(C)c1. The van der Waals surface area contributed by atoms with Gasteiger partial charge in [-0.2, -0.15) is 0 Å². The highest BCUT2D eigenvalue weighted by Crippen LogP contribution is 2.23. The van der Waals surface area contributed by atoms with Crippen molar-refractivity contribution in [2.45, 2.75) is 32.5 Å². The molecule has 3 rings (SSSR count). The van der Waals surface area contributed by atoms with E-state index in [1.165, 1.54) is 22.9 Å². The number of aryl methyl sites for hydroxylation is 3. The molecule has 0 saturated carbocycles. The van der Waals surface area contributed by atoms with E-state index in [1.54, 1.807) is 6.20 Å². The summed E-state index contributed by atoms with van der Waals surface area (Å²) < 4.78 is 2.07. The van der Waals surface area contributed by atoms with E-state index in [0.29, 0.717) is 5.75 Å². The highest BCUT2D eigenvalue weighted by Gasteiger charge is 2.11. The van der Waals surface area contributed by atoms with Crippen LogP contribution in [0.5, 0.6) is 0 Å². The molecular formula is C21H23N3OS. The van der Waals surface area contributed by atoms with Gasteiger partial charge in [0.1, 0.15) is 0 Å². The molecule has 0 saturated heterocycles. The first kappa shape index (κ1) is 18.3. The zero-order valence-corrected chi connectivity index (χ0v) is 16.1. The predicted molar refractivity (Wildman–Crippen MR) is 108 cm³/mol. The molecule has 4 nitrogen and oxygen atoms in total. The summed E-state index contributed by atoms with van der Waals surface area (Å²) in [5.74, 6) is 0.317. The molecule has 134 valence electrons. The number of hydrogen-bond donors (Lipinski definition) is 1. The number of aromatic nitrogens is 2. The highest BCUT2D eigenvalue weighted by molar-refractivity contribution is 7.99.